The normalized spacial score (nSPS) is 21.5. The lowest BCUT2D eigenvalue weighted by Crippen LogP contribution is -2.34. The lowest BCUT2D eigenvalue weighted by molar-refractivity contribution is 0.174. The van der Waals surface area contributed by atoms with Crippen LogP contribution < -0.4 is 4.90 Å². The van der Waals surface area contributed by atoms with Crippen molar-refractivity contribution in [1.82, 2.24) is 0 Å². The summed E-state index contributed by atoms with van der Waals surface area (Å²) in [6, 6.07) is 9.04. The molecule has 0 spiro atoms. The first-order valence-corrected chi connectivity index (χ1v) is 5.75. The molecule has 2 unspecified atom stereocenters. The van der Waals surface area contributed by atoms with Gasteiger partial charge in [0, 0.05) is 18.3 Å². The summed E-state index contributed by atoms with van der Waals surface area (Å²) in [6.07, 6.45) is 1.73. The quantitative estimate of drug-likeness (QED) is 0.817. The summed E-state index contributed by atoms with van der Waals surface area (Å²) >= 11 is 0. The molecule has 0 radical (unpaired) electrons. The van der Waals surface area contributed by atoms with Gasteiger partial charge in [0.25, 0.3) is 0 Å². The Hall–Kier alpha value is -1.02. The van der Waals surface area contributed by atoms with E-state index in [1.807, 2.05) is 6.92 Å². The summed E-state index contributed by atoms with van der Waals surface area (Å²) in [5.41, 5.74) is 2.77. The zero-order valence-corrected chi connectivity index (χ0v) is 9.48. The molecule has 2 heteroatoms. The molecule has 0 aliphatic carbocycles. The third-order valence-corrected chi connectivity index (χ3v) is 3.15. The molecule has 0 bridgehead atoms. The van der Waals surface area contributed by atoms with Gasteiger partial charge in [-0.1, -0.05) is 18.2 Å². The van der Waals surface area contributed by atoms with Gasteiger partial charge in [-0.25, -0.2) is 0 Å². The van der Waals surface area contributed by atoms with Crippen LogP contribution in [0.3, 0.4) is 0 Å². The first-order valence-electron chi connectivity index (χ1n) is 5.75. The Labute approximate surface area is 91.5 Å². The molecule has 1 aromatic rings. The molecular weight excluding hydrogens is 186 g/mol. The van der Waals surface area contributed by atoms with Gasteiger partial charge < -0.3 is 10.0 Å². The van der Waals surface area contributed by atoms with Gasteiger partial charge in [-0.05, 0) is 38.3 Å². The molecule has 0 amide bonds. The Kier molecular flexibility index (Phi) is 2.96. The minimum absolute atomic E-state index is 0.210. The Morgan fingerprint density at radius 1 is 1.47 bits per heavy atom. The number of fused-ring (bicyclic) bond motifs is 1. The molecule has 2 nitrogen and oxygen atoms in total. The van der Waals surface area contributed by atoms with Crippen LogP contribution in [0.4, 0.5) is 5.69 Å². The maximum Gasteiger partial charge on any atom is 0.0531 e. The van der Waals surface area contributed by atoms with Crippen molar-refractivity contribution >= 4 is 5.69 Å². The van der Waals surface area contributed by atoms with Gasteiger partial charge in [0.2, 0.25) is 0 Å². The van der Waals surface area contributed by atoms with Gasteiger partial charge >= 0.3 is 0 Å². The number of para-hydroxylation sites is 1. The lowest BCUT2D eigenvalue weighted by atomic mass is 10.1. The molecule has 0 fully saturated rings. The molecule has 82 valence electrons. The molecule has 1 N–H and O–H groups in total. The number of hydrogen-bond acceptors (Lipinski definition) is 2. The second kappa shape index (κ2) is 4.23. The average molecular weight is 205 g/mol. The summed E-state index contributed by atoms with van der Waals surface area (Å²) in [5, 5.41) is 9.48. The summed E-state index contributed by atoms with van der Waals surface area (Å²) in [4.78, 5) is 2.40. The highest BCUT2D eigenvalue weighted by atomic mass is 16.3. The second-order valence-corrected chi connectivity index (χ2v) is 4.36. The van der Waals surface area contributed by atoms with E-state index in [0.717, 1.165) is 19.4 Å². The molecular formula is C13H19NO. The Morgan fingerprint density at radius 2 is 2.20 bits per heavy atom. The minimum Gasteiger partial charge on any atom is -0.393 e. The number of benzene rings is 1. The smallest absolute Gasteiger partial charge is 0.0531 e. The van der Waals surface area contributed by atoms with Crippen LogP contribution in [0, 0.1) is 0 Å². The number of nitrogens with zero attached hydrogens (tertiary/aromatic N) is 1. The highest BCUT2D eigenvalue weighted by molar-refractivity contribution is 5.59. The second-order valence-electron chi connectivity index (χ2n) is 4.36. The molecule has 2 rings (SSSR count). The van der Waals surface area contributed by atoms with Crippen LogP contribution in [-0.2, 0) is 6.42 Å². The van der Waals surface area contributed by atoms with Gasteiger partial charge in [-0.2, -0.15) is 0 Å². The minimum atomic E-state index is -0.210. The third kappa shape index (κ3) is 2.00. The molecule has 1 heterocycles. The molecule has 15 heavy (non-hydrogen) atoms. The SMILES string of the molecule is CCN1c2ccccc2CC1CC(C)O. The van der Waals surface area contributed by atoms with Crippen LogP contribution >= 0.6 is 0 Å². The van der Waals surface area contributed by atoms with Crippen LogP contribution in [-0.4, -0.2) is 23.8 Å². The standard InChI is InChI=1S/C13H19NO/c1-3-14-12(8-10(2)15)9-11-6-4-5-7-13(11)14/h4-7,10,12,15H,3,8-9H2,1-2H3. The van der Waals surface area contributed by atoms with Crippen LogP contribution in [0.2, 0.25) is 0 Å². The zero-order chi connectivity index (χ0) is 10.8. The predicted octanol–water partition coefficient (Wildman–Crippen LogP) is 2.21. The largest absolute Gasteiger partial charge is 0.393 e. The van der Waals surface area contributed by atoms with E-state index in [2.05, 4.69) is 36.1 Å². The number of rotatable bonds is 3. The summed E-state index contributed by atoms with van der Waals surface area (Å²) in [5.74, 6) is 0. The first kappa shape index (κ1) is 10.5. The Morgan fingerprint density at radius 3 is 2.87 bits per heavy atom. The maximum atomic E-state index is 9.48. The van der Waals surface area contributed by atoms with Crippen molar-refractivity contribution < 1.29 is 5.11 Å². The van der Waals surface area contributed by atoms with Crippen molar-refractivity contribution in [3.8, 4) is 0 Å². The van der Waals surface area contributed by atoms with Crippen LogP contribution in [0.5, 0.6) is 0 Å². The summed E-state index contributed by atoms with van der Waals surface area (Å²) in [7, 11) is 0. The van der Waals surface area contributed by atoms with E-state index in [1.165, 1.54) is 11.3 Å². The average Bonchev–Trinajstić information content (AvgIpc) is 2.53. The van der Waals surface area contributed by atoms with E-state index in [1.54, 1.807) is 0 Å². The molecule has 1 aliphatic heterocycles. The number of aliphatic hydroxyl groups excluding tert-OH is 1. The van der Waals surface area contributed by atoms with Crippen molar-refractivity contribution in [2.45, 2.75) is 38.8 Å². The summed E-state index contributed by atoms with van der Waals surface area (Å²) in [6.45, 7) is 5.07. The highest BCUT2D eigenvalue weighted by Crippen LogP contribution is 2.33. The topological polar surface area (TPSA) is 23.5 Å². The molecule has 0 aromatic heterocycles. The van der Waals surface area contributed by atoms with Gasteiger partial charge in [0.15, 0.2) is 0 Å². The fourth-order valence-corrected chi connectivity index (χ4v) is 2.56. The number of likely N-dealkylation sites (N-methyl/N-ethyl adjacent to an activating group) is 1. The lowest BCUT2D eigenvalue weighted by Gasteiger charge is -2.27. The third-order valence-electron chi connectivity index (χ3n) is 3.15. The van der Waals surface area contributed by atoms with Crippen LogP contribution in [0.25, 0.3) is 0 Å². The molecule has 2 atom stereocenters. The van der Waals surface area contributed by atoms with Gasteiger partial charge in [0.1, 0.15) is 0 Å². The van der Waals surface area contributed by atoms with E-state index in [9.17, 15) is 5.11 Å². The predicted molar refractivity (Wildman–Crippen MR) is 63.3 cm³/mol. The van der Waals surface area contributed by atoms with Crippen molar-refractivity contribution in [3.63, 3.8) is 0 Å². The van der Waals surface area contributed by atoms with E-state index in [0.29, 0.717) is 6.04 Å². The van der Waals surface area contributed by atoms with Crippen molar-refractivity contribution in [1.29, 1.82) is 0 Å². The van der Waals surface area contributed by atoms with E-state index in [4.69, 9.17) is 0 Å². The van der Waals surface area contributed by atoms with Gasteiger partial charge in [-0.3, -0.25) is 0 Å². The van der Waals surface area contributed by atoms with Gasteiger partial charge in [-0.15, -0.1) is 0 Å². The molecule has 1 aliphatic rings. The molecule has 0 saturated carbocycles. The van der Waals surface area contributed by atoms with E-state index >= 15 is 0 Å². The summed E-state index contributed by atoms with van der Waals surface area (Å²) < 4.78 is 0. The number of anilines is 1. The molecule has 0 saturated heterocycles. The Balaban J connectivity index is 2.21. The number of hydrogen-bond donors (Lipinski definition) is 1. The maximum absolute atomic E-state index is 9.48. The highest BCUT2D eigenvalue weighted by Gasteiger charge is 2.28. The van der Waals surface area contributed by atoms with Crippen LogP contribution in [0.1, 0.15) is 25.8 Å². The van der Waals surface area contributed by atoms with Crippen molar-refractivity contribution in [3.05, 3.63) is 29.8 Å². The van der Waals surface area contributed by atoms with E-state index in [-0.39, 0.29) is 6.10 Å². The van der Waals surface area contributed by atoms with Gasteiger partial charge in [0.05, 0.1) is 6.10 Å². The van der Waals surface area contributed by atoms with Crippen molar-refractivity contribution in [2.24, 2.45) is 0 Å². The monoisotopic (exact) mass is 205 g/mol. The van der Waals surface area contributed by atoms with Crippen LogP contribution in [0.15, 0.2) is 24.3 Å². The number of aliphatic hydroxyl groups is 1. The fourth-order valence-electron chi connectivity index (χ4n) is 2.56. The fraction of sp³-hybridized carbons (Fsp3) is 0.538. The van der Waals surface area contributed by atoms with Crippen molar-refractivity contribution in [2.75, 3.05) is 11.4 Å². The zero-order valence-electron chi connectivity index (χ0n) is 9.48. The Bertz CT molecular complexity index is 335. The first-order chi connectivity index (χ1) is 7.22. The molecule has 1 aromatic carbocycles. The van der Waals surface area contributed by atoms with E-state index < -0.39 is 0 Å².